The van der Waals surface area contributed by atoms with Crippen molar-refractivity contribution >= 4 is 11.6 Å². The topological polar surface area (TPSA) is 71.2 Å². The molecule has 4 N–H and O–H groups in total. The fraction of sp³-hybridized carbons (Fsp3) is 0.500. The zero-order chi connectivity index (χ0) is 12.1. The van der Waals surface area contributed by atoms with Gasteiger partial charge in [-0.15, -0.1) is 0 Å². The van der Waals surface area contributed by atoms with Crippen molar-refractivity contribution in [3.8, 4) is 0 Å². The summed E-state index contributed by atoms with van der Waals surface area (Å²) in [6.07, 6.45) is 1.27. The molecule has 0 saturated carbocycles. The van der Waals surface area contributed by atoms with E-state index in [0.717, 1.165) is 0 Å². The maximum Gasteiger partial charge on any atom is 0.168 e. The van der Waals surface area contributed by atoms with Gasteiger partial charge in [0, 0.05) is 18.7 Å². The number of nitrogens with zero attached hydrogens (tertiary/aromatic N) is 1. The minimum atomic E-state index is -0.869. The van der Waals surface area contributed by atoms with Gasteiger partial charge in [0.25, 0.3) is 0 Å². The van der Waals surface area contributed by atoms with Crippen molar-refractivity contribution in [1.29, 1.82) is 0 Å². The third kappa shape index (κ3) is 3.30. The molecule has 90 valence electrons. The molecular weight excluding hydrogens is 216 g/mol. The summed E-state index contributed by atoms with van der Waals surface area (Å²) < 4.78 is 26.1. The van der Waals surface area contributed by atoms with Crippen LogP contribution in [0.25, 0.3) is 0 Å². The summed E-state index contributed by atoms with van der Waals surface area (Å²) >= 11 is 0. The van der Waals surface area contributed by atoms with Gasteiger partial charge in [-0.2, -0.15) is 0 Å². The Morgan fingerprint density at radius 3 is 2.81 bits per heavy atom. The Kier molecular flexibility index (Phi) is 4.42. The van der Waals surface area contributed by atoms with Crippen LogP contribution in [0.5, 0.6) is 0 Å². The van der Waals surface area contributed by atoms with E-state index in [1.54, 1.807) is 0 Å². The predicted octanol–water partition coefficient (Wildman–Crippen LogP) is 1.51. The number of aromatic nitrogens is 1. The van der Waals surface area contributed by atoms with Gasteiger partial charge in [-0.05, 0) is 19.8 Å². The number of hydrogen-bond acceptors (Lipinski definition) is 4. The predicted molar refractivity (Wildman–Crippen MR) is 58.0 cm³/mol. The number of nitrogens with two attached hydrogens (primary N) is 1. The van der Waals surface area contributed by atoms with E-state index >= 15 is 0 Å². The number of nitrogen functional groups attached to an aromatic ring is 1. The standard InChI is InChI=1S/C10H15F2N3O/c1-6(3-2-4-16)14-10-8(12)5-7(11)9(13)15-10/h5-6,16H,2-4H2,1H3,(H3,13,14,15). The van der Waals surface area contributed by atoms with Crippen LogP contribution in [0.3, 0.4) is 0 Å². The molecular formula is C10H15F2N3O. The van der Waals surface area contributed by atoms with Crippen molar-refractivity contribution in [2.45, 2.75) is 25.8 Å². The molecule has 6 heteroatoms. The van der Waals surface area contributed by atoms with Crippen LogP contribution in [-0.4, -0.2) is 22.7 Å². The van der Waals surface area contributed by atoms with Crippen molar-refractivity contribution in [2.24, 2.45) is 0 Å². The van der Waals surface area contributed by atoms with Crippen LogP contribution in [0.15, 0.2) is 6.07 Å². The summed E-state index contributed by atoms with van der Waals surface area (Å²) in [7, 11) is 0. The van der Waals surface area contributed by atoms with Crippen LogP contribution in [-0.2, 0) is 0 Å². The molecule has 0 bridgehead atoms. The fourth-order valence-electron chi connectivity index (χ4n) is 1.29. The number of rotatable bonds is 5. The maximum absolute atomic E-state index is 13.2. The Labute approximate surface area is 92.5 Å². The van der Waals surface area contributed by atoms with Gasteiger partial charge in [0.15, 0.2) is 23.3 Å². The van der Waals surface area contributed by atoms with Gasteiger partial charge in [0.2, 0.25) is 0 Å². The maximum atomic E-state index is 13.2. The molecule has 0 aliphatic heterocycles. The molecule has 0 aliphatic rings. The first-order chi connectivity index (χ1) is 7.54. The van der Waals surface area contributed by atoms with Gasteiger partial charge >= 0.3 is 0 Å². The number of pyridine rings is 1. The lowest BCUT2D eigenvalue weighted by atomic mass is 10.2. The minimum absolute atomic E-state index is 0.0654. The second kappa shape index (κ2) is 5.60. The molecule has 1 aromatic rings. The number of anilines is 2. The average Bonchev–Trinajstić information content (AvgIpc) is 2.23. The molecule has 1 aromatic heterocycles. The normalized spacial score (nSPS) is 12.5. The highest BCUT2D eigenvalue weighted by Gasteiger charge is 2.11. The highest BCUT2D eigenvalue weighted by Crippen LogP contribution is 2.17. The molecule has 0 aliphatic carbocycles. The molecule has 1 heterocycles. The van der Waals surface area contributed by atoms with E-state index in [2.05, 4.69) is 10.3 Å². The number of aliphatic hydroxyl groups excluding tert-OH is 1. The Bertz CT molecular complexity index is 360. The summed E-state index contributed by atoms with van der Waals surface area (Å²) in [5.74, 6) is -2.05. The lowest BCUT2D eigenvalue weighted by Gasteiger charge is -2.14. The zero-order valence-corrected chi connectivity index (χ0v) is 9.00. The van der Waals surface area contributed by atoms with E-state index < -0.39 is 11.6 Å². The summed E-state index contributed by atoms with van der Waals surface area (Å²) in [6.45, 7) is 1.89. The van der Waals surface area contributed by atoms with Gasteiger partial charge in [0.05, 0.1) is 0 Å². The SMILES string of the molecule is CC(CCCO)Nc1nc(N)c(F)cc1F. The second-order valence-corrected chi connectivity index (χ2v) is 3.60. The average molecular weight is 231 g/mol. The number of halogens is 2. The molecule has 0 aromatic carbocycles. The van der Waals surface area contributed by atoms with E-state index in [1.165, 1.54) is 0 Å². The van der Waals surface area contributed by atoms with E-state index in [9.17, 15) is 8.78 Å². The number of aliphatic hydroxyl groups is 1. The first kappa shape index (κ1) is 12.6. The van der Waals surface area contributed by atoms with E-state index in [-0.39, 0.29) is 24.3 Å². The molecule has 0 radical (unpaired) electrons. The van der Waals surface area contributed by atoms with Gasteiger partial charge in [0.1, 0.15) is 0 Å². The Morgan fingerprint density at radius 2 is 2.19 bits per heavy atom. The quantitative estimate of drug-likeness (QED) is 0.718. The van der Waals surface area contributed by atoms with E-state index in [0.29, 0.717) is 18.9 Å². The molecule has 0 saturated heterocycles. The molecule has 0 amide bonds. The molecule has 0 spiro atoms. The molecule has 4 nitrogen and oxygen atoms in total. The molecule has 1 unspecified atom stereocenters. The summed E-state index contributed by atoms with van der Waals surface area (Å²) in [5, 5.41) is 11.4. The molecule has 0 fully saturated rings. The van der Waals surface area contributed by atoms with Crippen LogP contribution in [0.4, 0.5) is 20.4 Å². The Hall–Kier alpha value is -1.43. The van der Waals surface area contributed by atoms with Crippen molar-refractivity contribution < 1.29 is 13.9 Å². The summed E-state index contributed by atoms with van der Waals surface area (Å²) in [4.78, 5) is 3.57. The second-order valence-electron chi connectivity index (χ2n) is 3.60. The largest absolute Gasteiger partial charge is 0.396 e. The van der Waals surface area contributed by atoms with Crippen LogP contribution in [0.1, 0.15) is 19.8 Å². The molecule has 1 atom stereocenters. The van der Waals surface area contributed by atoms with Gasteiger partial charge < -0.3 is 16.2 Å². The van der Waals surface area contributed by atoms with Crippen molar-refractivity contribution in [1.82, 2.24) is 4.98 Å². The van der Waals surface area contributed by atoms with Gasteiger partial charge in [-0.1, -0.05) is 0 Å². The first-order valence-corrected chi connectivity index (χ1v) is 5.03. The highest BCUT2D eigenvalue weighted by molar-refractivity contribution is 5.45. The van der Waals surface area contributed by atoms with Crippen LogP contribution in [0.2, 0.25) is 0 Å². The Balaban J connectivity index is 2.69. The van der Waals surface area contributed by atoms with E-state index in [1.807, 2.05) is 6.92 Å². The lowest BCUT2D eigenvalue weighted by Crippen LogP contribution is -2.18. The summed E-state index contributed by atoms with van der Waals surface area (Å²) in [6, 6.07) is 0.627. The number of hydrogen-bond donors (Lipinski definition) is 3. The van der Waals surface area contributed by atoms with Crippen molar-refractivity contribution in [2.75, 3.05) is 17.7 Å². The lowest BCUT2D eigenvalue weighted by molar-refractivity contribution is 0.282. The van der Waals surface area contributed by atoms with Crippen LogP contribution < -0.4 is 11.1 Å². The molecule has 16 heavy (non-hydrogen) atoms. The molecule has 1 rings (SSSR count). The monoisotopic (exact) mass is 231 g/mol. The third-order valence-electron chi connectivity index (χ3n) is 2.13. The zero-order valence-electron chi connectivity index (χ0n) is 9.00. The summed E-state index contributed by atoms with van der Waals surface area (Å²) in [5.41, 5.74) is 5.23. The third-order valence-corrected chi connectivity index (χ3v) is 2.13. The number of nitrogens with one attached hydrogen (secondary N) is 1. The fourth-order valence-corrected chi connectivity index (χ4v) is 1.29. The van der Waals surface area contributed by atoms with Gasteiger partial charge in [-0.25, -0.2) is 13.8 Å². The highest BCUT2D eigenvalue weighted by atomic mass is 19.1. The smallest absolute Gasteiger partial charge is 0.168 e. The van der Waals surface area contributed by atoms with Gasteiger partial charge in [-0.3, -0.25) is 0 Å². The van der Waals surface area contributed by atoms with Crippen molar-refractivity contribution in [3.05, 3.63) is 17.7 Å². The minimum Gasteiger partial charge on any atom is -0.396 e. The van der Waals surface area contributed by atoms with E-state index in [4.69, 9.17) is 10.8 Å². The van der Waals surface area contributed by atoms with Crippen LogP contribution >= 0.6 is 0 Å². The Morgan fingerprint density at radius 1 is 1.50 bits per heavy atom. The van der Waals surface area contributed by atoms with Crippen LogP contribution in [0, 0.1) is 11.6 Å². The van der Waals surface area contributed by atoms with Crippen molar-refractivity contribution in [3.63, 3.8) is 0 Å². The first-order valence-electron chi connectivity index (χ1n) is 5.03.